The molecule has 2 aliphatic carbocycles. The molecule has 3 aliphatic rings. The summed E-state index contributed by atoms with van der Waals surface area (Å²) in [5.41, 5.74) is -0.812. The third-order valence-electron chi connectivity index (χ3n) is 5.97. The molecule has 0 aromatic carbocycles. The summed E-state index contributed by atoms with van der Waals surface area (Å²) in [6, 6.07) is 0.0431. The monoisotopic (exact) mass is 590 g/mol. The fourth-order valence-corrected chi connectivity index (χ4v) is 6.51. The average Bonchev–Trinajstić information content (AvgIpc) is 3.19. The second kappa shape index (κ2) is 5.68. The molecule has 4 nitrogen and oxygen atoms in total. The van der Waals surface area contributed by atoms with Crippen LogP contribution in [0.3, 0.4) is 0 Å². The lowest BCUT2D eigenvalue weighted by Gasteiger charge is -2.46. The van der Waals surface area contributed by atoms with Gasteiger partial charge in [0.2, 0.25) is 11.8 Å². The highest BCUT2D eigenvalue weighted by Gasteiger charge is 2.69. The minimum absolute atomic E-state index is 0.0216. The third kappa shape index (κ3) is 2.76. The van der Waals surface area contributed by atoms with E-state index in [4.69, 9.17) is 0 Å². The van der Waals surface area contributed by atoms with Crippen LogP contribution in [-0.2, 0) is 9.59 Å². The van der Waals surface area contributed by atoms with Gasteiger partial charge in [-0.05, 0) is 40.5 Å². The first-order valence-corrected chi connectivity index (χ1v) is 11.3. The second-order valence-corrected chi connectivity index (χ2v) is 15.6. The summed E-state index contributed by atoms with van der Waals surface area (Å²) in [7, 11) is 0. The largest absolute Gasteiger partial charge is 0.336 e. The van der Waals surface area contributed by atoms with Crippen LogP contribution >= 0.6 is 63.7 Å². The van der Waals surface area contributed by atoms with Gasteiger partial charge in [0.05, 0.1) is 17.3 Å². The zero-order valence-electron chi connectivity index (χ0n) is 14.2. The fraction of sp³-hybridized carbons (Fsp3) is 0.875. The number of halogens is 4. The molecule has 0 aromatic heterocycles. The number of hydrogen-bond donors (Lipinski definition) is 0. The van der Waals surface area contributed by atoms with Crippen molar-refractivity contribution in [2.24, 2.45) is 10.8 Å². The maximum Gasteiger partial charge on any atom is 0.231 e. The number of carbonyl (C=O) groups excluding carboxylic acids is 2. The predicted molar refractivity (Wildman–Crippen MR) is 109 cm³/mol. The summed E-state index contributed by atoms with van der Waals surface area (Å²) in [5.74, 6) is 0.325. The normalized spacial score (nSPS) is 42.7. The van der Waals surface area contributed by atoms with Crippen molar-refractivity contribution in [2.45, 2.75) is 59.1 Å². The number of hydrogen-bond acceptors (Lipinski definition) is 2. The van der Waals surface area contributed by atoms with Crippen molar-refractivity contribution >= 4 is 75.5 Å². The standard InChI is InChI=1S/C16H22Br4N2O2/c1-9-5-22(12(24)14(4)8-16(14,19)20)10(2)6-21(9)11(23)13(3)7-15(13,17)18/h9-10H,5-8H2,1-4H3/t9-,10-,13-,14+/m0/s1. The van der Waals surface area contributed by atoms with Crippen molar-refractivity contribution in [1.82, 2.24) is 9.80 Å². The molecule has 0 N–H and O–H groups in total. The molecule has 0 spiro atoms. The molecule has 0 unspecified atom stereocenters. The number of amides is 2. The van der Waals surface area contributed by atoms with Crippen LogP contribution in [0.1, 0.15) is 40.5 Å². The zero-order valence-corrected chi connectivity index (χ0v) is 20.5. The molecule has 3 fully saturated rings. The Kier molecular flexibility index (Phi) is 4.64. The maximum atomic E-state index is 13.0. The zero-order chi connectivity index (χ0) is 18.3. The summed E-state index contributed by atoms with van der Waals surface area (Å²) in [5, 5.41) is 0. The molecule has 1 heterocycles. The lowest BCUT2D eigenvalue weighted by Crippen LogP contribution is -2.62. The molecule has 2 amide bonds. The van der Waals surface area contributed by atoms with Gasteiger partial charge in [0.1, 0.15) is 0 Å². The molecule has 2 saturated carbocycles. The Morgan fingerprint density at radius 2 is 1.04 bits per heavy atom. The topological polar surface area (TPSA) is 40.6 Å². The summed E-state index contributed by atoms with van der Waals surface area (Å²) < 4.78 is -0.569. The van der Waals surface area contributed by atoms with Crippen molar-refractivity contribution < 1.29 is 9.59 Å². The van der Waals surface area contributed by atoms with Gasteiger partial charge < -0.3 is 9.80 Å². The molecule has 8 heteroatoms. The minimum atomic E-state index is -0.406. The molecule has 0 aromatic rings. The van der Waals surface area contributed by atoms with Gasteiger partial charge in [-0.3, -0.25) is 9.59 Å². The van der Waals surface area contributed by atoms with Gasteiger partial charge in [0.25, 0.3) is 0 Å². The predicted octanol–water partition coefficient (Wildman–Crippen LogP) is 4.23. The van der Waals surface area contributed by atoms with Gasteiger partial charge in [-0.1, -0.05) is 63.7 Å². The van der Waals surface area contributed by atoms with Crippen LogP contribution < -0.4 is 0 Å². The molecule has 0 radical (unpaired) electrons. The lowest BCUT2D eigenvalue weighted by molar-refractivity contribution is -0.151. The smallest absolute Gasteiger partial charge is 0.231 e. The number of rotatable bonds is 2. The quantitative estimate of drug-likeness (QED) is 0.450. The van der Waals surface area contributed by atoms with E-state index >= 15 is 0 Å². The van der Waals surface area contributed by atoms with Crippen molar-refractivity contribution in [1.29, 1.82) is 0 Å². The van der Waals surface area contributed by atoms with Crippen LogP contribution in [-0.4, -0.2) is 53.3 Å². The van der Waals surface area contributed by atoms with Gasteiger partial charge in [-0.25, -0.2) is 0 Å². The van der Waals surface area contributed by atoms with Crippen LogP contribution in [0.15, 0.2) is 0 Å². The lowest BCUT2D eigenvalue weighted by atomic mass is 10.00. The first kappa shape index (κ1) is 19.6. The molecule has 0 bridgehead atoms. The van der Waals surface area contributed by atoms with Gasteiger partial charge >= 0.3 is 0 Å². The molecule has 1 saturated heterocycles. The maximum absolute atomic E-state index is 13.0. The second-order valence-electron chi connectivity index (χ2n) is 8.04. The van der Waals surface area contributed by atoms with E-state index in [1.54, 1.807) is 0 Å². The van der Waals surface area contributed by atoms with Gasteiger partial charge in [0, 0.05) is 25.2 Å². The van der Waals surface area contributed by atoms with E-state index in [1.807, 2.05) is 37.5 Å². The molecule has 1 aliphatic heterocycles. The SMILES string of the molecule is C[C@H]1CN(C(=O)[C@@]2(C)CC2(Br)Br)[C@@H](C)CN1C(=O)[C@]1(C)CC1(Br)Br. The Hall–Kier alpha value is 0.860. The Morgan fingerprint density at radius 3 is 1.25 bits per heavy atom. The van der Waals surface area contributed by atoms with Crippen LogP contribution in [0.4, 0.5) is 0 Å². The fourth-order valence-electron chi connectivity index (χ4n) is 3.59. The van der Waals surface area contributed by atoms with E-state index in [0.29, 0.717) is 13.1 Å². The number of carbonyl (C=O) groups is 2. The first-order chi connectivity index (χ1) is 10.8. The molecule has 136 valence electrons. The van der Waals surface area contributed by atoms with E-state index in [0.717, 1.165) is 12.8 Å². The van der Waals surface area contributed by atoms with E-state index in [9.17, 15) is 9.59 Å². The van der Waals surface area contributed by atoms with Crippen LogP contribution in [0.2, 0.25) is 0 Å². The molecular formula is C16H22Br4N2O2. The molecule has 3 rings (SSSR count). The number of nitrogens with zero attached hydrogens (tertiary/aromatic N) is 2. The Balaban J connectivity index is 1.72. The van der Waals surface area contributed by atoms with Gasteiger partial charge in [-0.2, -0.15) is 0 Å². The van der Waals surface area contributed by atoms with Crippen molar-refractivity contribution in [3.8, 4) is 0 Å². The van der Waals surface area contributed by atoms with Crippen LogP contribution in [0.5, 0.6) is 0 Å². The van der Waals surface area contributed by atoms with E-state index < -0.39 is 10.8 Å². The van der Waals surface area contributed by atoms with E-state index in [2.05, 4.69) is 63.7 Å². The van der Waals surface area contributed by atoms with Gasteiger partial charge in [-0.15, -0.1) is 0 Å². The first-order valence-electron chi connectivity index (χ1n) is 8.15. The van der Waals surface area contributed by atoms with Gasteiger partial charge in [0.15, 0.2) is 0 Å². The van der Waals surface area contributed by atoms with Crippen LogP contribution in [0, 0.1) is 10.8 Å². The molecular weight excluding hydrogens is 572 g/mol. The third-order valence-corrected chi connectivity index (χ3v) is 10.6. The van der Waals surface area contributed by atoms with Crippen molar-refractivity contribution in [3.63, 3.8) is 0 Å². The highest BCUT2D eigenvalue weighted by atomic mass is 79.9. The van der Waals surface area contributed by atoms with Crippen molar-refractivity contribution in [2.75, 3.05) is 13.1 Å². The number of piperazine rings is 1. The van der Waals surface area contributed by atoms with E-state index in [1.165, 1.54) is 0 Å². The highest BCUT2D eigenvalue weighted by Crippen LogP contribution is 2.68. The van der Waals surface area contributed by atoms with E-state index in [-0.39, 0.29) is 30.4 Å². The highest BCUT2D eigenvalue weighted by molar-refractivity contribution is 9.26. The summed E-state index contributed by atoms with van der Waals surface area (Å²) >= 11 is 14.3. The summed E-state index contributed by atoms with van der Waals surface area (Å²) in [4.78, 5) is 29.9. The van der Waals surface area contributed by atoms with Crippen molar-refractivity contribution in [3.05, 3.63) is 0 Å². The molecule has 4 atom stereocenters. The Morgan fingerprint density at radius 1 is 0.792 bits per heavy atom. The van der Waals surface area contributed by atoms with Crippen LogP contribution in [0.25, 0.3) is 0 Å². The molecule has 24 heavy (non-hydrogen) atoms. The minimum Gasteiger partial charge on any atom is -0.336 e. The average molecular weight is 594 g/mol. The Bertz CT molecular complexity index is 559. The summed E-state index contributed by atoms with van der Waals surface area (Å²) in [6.45, 7) is 9.22. The Labute approximate surface area is 177 Å². The number of alkyl halides is 4. The summed E-state index contributed by atoms with van der Waals surface area (Å²) in [6.07, 6.45) is 1.57.